The van der Waals surface area contributed by atoms with Gasteiger partial charge in [0.15, 0.2) is 0 Å². The van der Waals surface area contributed by atoms with Crippen LogP contribution in [0, 0.1) is 6.92 Å². The van der Waals surface area contributed by atoms with Gasteiger partial charge in [-0.2, -0.15) is 0 Å². The number of pyridine rings is 1. The van der Waals surface area contributed by atoms with Crippen LogP contribution < -0.4 is 5.32 Å². The molecule has 82 valence electrons. The predicted molar refractivity (Wildman–Crippen MR) is 71.4 cm³/mol. The third-order valence-electron chi connectivity index (χ3n) is 2.18. The third kappa shape index (κ3) is 2.54. The Balaban J connectivity index is 2.27. The second kappa shape index (κ2) is 4.85. The Labute approximate surface area is 108 Å². The summed E-state index contributed by atoms with van der Waals surface area (Å²) >= 11 is 9.31. The van der Waals surface area contributed by atoms with Crippen molar-refractivity contribution in [2.45, 2.75) is 6.92 Å². The minimum Gasteiger partial charge on any atom is -0.339 e. The summed E-state index contributed by atoms with van der Waals surface area (Å²) in [7, 11) is 0. The highest BCUT2D eigenvalue weighted by atomic mass is 79.9. The Morgan fingerprint density at radius 1 is 1.25 bits per heavy atom. The van der Waals surface area contributed by atoms with Crippen LogP contribution in [-0.4, -0.2) is 4.98 Å². The zero-order valence-corrected chi connectivity index (χ0v) is 11.0. The van der Waals surface area contributed by atoms with Crippen molar-refractivity contribution >= 4 is 39.0 Å². The molecule has 2 rings (SSSR count). The predicted octanol–water partition coefficient (Wildman–Crippen LogP) is 4.55. The quantitative estimate of drug-likeness (QED) is 0.879. The molecule has 0 amide bonds. The molecule has 0 spiro atoms. The standard InChI is InChI=1S/C12H10BrClN2/c1-8-3-2-4-10(12(8)13)16-11-6-5-9(14)7-15-11/h2-7H,1H3,(H,15,16). The van der Waals surface area contributed by atoms with E-state index >= 15 is 0 Å². The van der Waals surface area contributed by atoms with E-state index in [0.717, 1.165) is 16.0 Å². The van der Waals surface area contributed by atoms with Crippen molar-refractivity contribution in [1.82, 2.24) is 4.98 Å². The summed E-state index contributed by atoms with van der Waals surface area (Å²) < 4.78 is 1.05. The van der Waals surface area contributed by atoms with Gasteiger partial charge in [-0.25, -0.2) is 4.98 Å². The van der Waals surface area contributed by atoms with Gasteiger partial charge in [-0.05, 0) is 46.6 Å². The van der Waals surface area contributed by atoms with E-state index in [1.54, 1.807) is 12.3 Å². The smallest absolute Gasteiger partial charge is 0.130 e. The maximum Gasteiger partial charge on any atom is 0.130 e. The lowest BCUT2D eigenvalue weighted by atomic mass is 10.2. The molecule has 4 heteroatoms. The number of anilines is 2. The van der Waals surface area contributed by atoms with Gasteiger partial charge in [-0.15, -0.1) is 0 Å². The molecule has 0 saturated heterocycles. The summed E-state index contributed by atoms with van der Waals surface area (Å²) in [5.41, 5.74) is 2.17. The van der Waals surface area contributed by atoms with E-state index < -0.39 is 0 Å². The molecule has 2 nitrogen and oxygen atoms in total. The van der Waals surface area contributed by atoms with Crippen molar-refractivity contribution in [2.75, 3.05) is 5.32 Å². The summed E-state index contributed by atoms with van der Waals surface area (Å²) in [6.45, 7) is 2.05. The molecule has 1 N–H and O–H groups in total. The monoisotopic (exact) mass is 296 g/mol. The largest absolute Gasteiger partial charge is 0.339 e. The fourth-order valence-corrected chi connectivity index (χ4v) is 1.81. The lowest BCUT2D eigenvalue weighted by Crippen LogP contribution is -1.94. The molecule has 0 bridgehead atoms. The summed E-state index contributed by atoms with van der Waals surface area (Å²) in [6.07, 6.45) is 1.62. The molecule has 0 aliphatic carbocycles. The molecule has 0 saturated carbocycles. The van der Waals surface area contributed by atoms with Crippen molar-refractivity contribution in [3.8, 4) is 0 Å². The van der Waals surface area contributed by atoms with Gasteiger partial charge in [0.05, 0.1) is 10.7 Å². The van der Waals surface area contributed by atoms with Crippen LogP contribution in [0.1, 0.15) is 5.56 Å². The van der Waals surface area contributed by atoms with Crippen molar-refractivity contribution in [3.63, 3.8) is 0 Å². The van der Waals surface area contributed by atoms with Gasteiger partial charge < -0.3 is 5.32 Å². The zero-order chi connectivity index (χ0) is 11.5. The SMILES string of the molecule is Cc1cccc(Nc2ccc(Cl)cn2)c1Br. The summed E-state index contributed by atoms with van der Waals surface area (Å²) in [6, 6.07) is 9.69. The van der Waals surface area contributed by atoms with Crippen LogP contribution >= 0.6 is 27.5 Å². The van der Waals surface area contributed by atoms with Crippen molar-refractivity contribution < 1.29 is 0 Å². The van der Waals surface area contributed by atoms with Gasteiger partial charge in [-0.1, -0.05) is 23.7 Å². The Hall–Kier alpha value is -1.06. The number of nitrogens with zero attached hydrogens (tertiary/aromatic N) is 1. The summed E-state index contributed by atoms with van der Waals surface area (Å²) in [4.78, 5) is 4.18. The second-order valence-corrected chi connectivity index (χ2v) is 4.65. The van der Waals surface area contributed by atoms with E-state index in [1.165, 1.54) is 5.56 Å². The van der Waals surface area contributed by atoms with Crippen LogP contribution in [0.5, 0.6) is 0 Å². The van der Waals surface area contributed by atoms with Gasteiger partial charge in [0.2, 0.25) is 0 Å². The van der Waals surface area contributed by atoms with E-state index in [0.29, 0.717) is 5.02 Å². The van der Waals surface area contributed by atoms with Crippen LogP contribution in [-0.2, 0) is 0 Å². The topological polar surface area (TPSA) is 24.9 Å². The maximum atomic E-state index is 5.77. The average Bonchev–Trinajstić information content (AvgIpc) is 2.28. The number of aryl methyl sites for hydroxylation is 1. The van der Waals surface area contributed by atoms with Crippen LogP contribution in [0.2, 0.25) is 5.02 Å². The number of benzene rings is 1. The molecule has 0 aliphatic rings. The maximum absolute atomic E-state index is 5.77. The summed E-state index contributed by atoms with van der Waals surface area (Å²) in [5.74, 6) is 0.774. The number of rotatable bonds is 2. The summed E-state index contributed by atoms with van der Waals surface area (Å²) in [5, 5.41) is 3.86. The first-order chi connectivity index (χ1) is 7.66. The van der Waals surface area contributed by atoms with E-state index in [1.807, 2.05) is 31.2 Å². The third-order valence-corrected chi connectivity index (χ3v) is 3.46. The molecular formula is C12H10BrClN2. The molecule has 16 heavy (non-hydrogen) atoms. The van der Waals surface area contributed by atoms with Crippen LogP contribution in [0.3, 0.4) is 0 Å². The minimum absolute atomic E-state index is 0.633. The van der Waals surface area contributed by atoms with E-state index in [4.69, 9.17) is 11.6 Å². The van der Waals surface area contributed by atoms with Gasteiger partial charge in [-0.3, -0.25) is 0 Å². The highest BCUT2D eigenvalue weighted by Gasteiger charge is 2.02. The first-order valence-corrected chi connectivity index (χ1v) is 5.97. The number of aromatic nitrogens is 1. The first kappa shape index (κ1) is 11.4. The fourth-order valence-electron chi connectivity index (χ4n) is 1.33. The lowest BCUT2D eigenvalue weighted by Gasteiger charge is -2.09. The number of halogens is 2. The molecular weight excluding hydrogens is 288 g/mol. The van der Waals surface area contributed by atoms with Crippen molar-refractivity contribution in [2.24, 2.45) is 0 Å². The molecule has 0 fully saturated rings. The van der Waals surface area contributed by atoms with Crippen molar-refractivity contribution in [3.05, 3.63) is 51.6 Å². The molecule has 0 aliphatic heterocycles. The normalized spacial score (nSPS) is 10.2. The van der Waals surface area contributed by atoms with Crippen LogP contribution in [0.15, 0.2) is 41.0 Å². The lowest BCUT2D eigenvalue weighted by molar-refractivity contribution is 1.30. The highest BCUT2D eigenvalue weighted by molar-refractivity contribution is 9.10. The van der Waals surface area contributed by atoms with Gasteiger partial charge in [0.25, 0.3) is 0 Å². The van der Waals surface area contributed by atoms with Crippen molar-refractivity contribution in [1.29, 1.82) is 0 Å². The van der Waals surface area contributed by atoms with E-state index in [2.05, 4.69) is 26.2 Å². The molecule has 0 atom stereocenters. The Kier molecular flexibility index (Phi) is 3.46. The molecule has 0 unspecified atom stereocenters. The average molecular weight is 298 g/mol. The highest BCUT2D eigenvalue weighted by Crippen LogP contribution is 2.28. The fraction of sp³-hybridized carbons (Fsp3) is 0.0833. The van der Waals surface area contributed by atoms with Crippen LogP contribution in [0.4, 0.5) is 11.5 Å². The number of hydrogen-bond donors (Lipinski definition) is 1. The van der Waals surface area contributed by atoms with Gasteiger partial charge in [0.1, 0.15) is 5.82 Å². The molecule has 2 aromatic rings. The number of nitrogens with one attached hydrogen (secondary N) is 1. The first-order valence-electron chi connectivity index (χ1n) is 4.80. The van der Waals surface area contributed by atoms with Gasteiger partial charge in [0, 0.05) is 10.7 Å². The molecule has 0 radical (unpaired) electrons. The van der Waals surface area contributed by atoms with Crippen LogP contribution in [0.25, 0.3) is 0 Å². The zero-order valence-electron chi connectivity index (χ0n) is 8.67. The van der Waals surface area contributed by atoms with Gasteiger partial charge >= 0.3 is 0 Å². The number of hydrogen-bond acceptors (Lipinski definition) is 2. The minimum atomic E-state index is 0.633. The molecule has 1 aromatic heterocycles. The van der Waals surface area contributed by atoms with E-state index in [-0.39, 0.29) is 0 Å². The second-order valence-electron chi connectivity index (χ2n) is 3.42. The Morgan fingerprint density at radius 2 is 2.06 bits per heavy atom. The van der Waals surface area contributed by atoms with E-state index in [9.17, 15) is 0 Å². The molecule has 1 aromatic carbocycles. The Bertz CT molecular complexity index is 497. The Morgan fingerprint density at radius 3 is 2.75 bits per heavy atom. The molecule has 1 heterocycles.